The molecule has 0 saturated carbocycles. The van der Waals surface area contributed by atoms with Gasteiger partial charge in [-0.1, -0.05) is 6.07 Å². The summed E-state index contributed by atoms with van der Waals surface area (Å²) in [4.78, 5) is 16.1. The van der Waals surface area contributed by atoms with Crippen molar-refractivity contribution < 1.29 is 9.21 Å². The number of aromatic nitrogens is 1. The third kappa shape index (κ3) is 3.52. The van der Waals surface area contributed by atoms with E-state index in [1.54, 1.807) is 18.3 Å². The number of nitrogens with zero attached hydrogens (tertiary/aromatic N) is 1. The Morgan fingerprint density at radius 2 is 1.82 bits per heavy atom. The normalized spacial score (nSPS) is 10.2. The van der Waals surface area contributed by atoms with Crippen LogP contribution in [0.2, 0.25) is 0 Å². The van der Waals surface area contributed by atoms with Crippen molar-refractivity contribution in [1.82, 2.24) is 4.98 Å². The summed E-state index contributed by atoms with van der Waals surface area (Å²) >= 11 is 0. The first-order chi connectivity index (χ1) is 10.8. The molecule has 5 heteroatoms. The Balaban J connectivity index is 1.57. The molecular formula is C17H15N3O2. The summed E-state index contributed by atoms with van der Waals surface area (Å²) in [6.07, 6.45) is 3.24. The van der Waals surface area contributed by atoms with Crippen LogP contribution in [-0.4, -0.2) is 10.9 Å². The van der Waals surface area contributed by atoms with Crippen LogP contribution in [0.5, 0.6) is 0 Å². The second-order valence-corrected chi connectivity index (χ2v) is 4.68. The van der Waals surface area contributed by atoms with Gasteiger partial charge < -0.3 is 15.1 Å². The highest BCUT2D eigenvalue weighted by Crippen LogP contribution is 2.15. The maximum absolute atomic E-state index is 11.8. The number of furan rings is 1. The molecule has 22 heavy (non-hydrogen) atoms. The Kier molecular flexibility index (Phi) is 4.15. The Labute approximate surface area is 128 Å². The van der Waals surface area contributed by atoms with Crippen LogP contribution in [-0.2, 0) is 6.54 Å². The van der Waals surface area contributed by atoms with Gasteiger partial charge in [-0.05, 0) is 48.5 Å². The lowest BCUT2D eigenvalue weighted by molar-refractivity contribution is 0.0996. The van der Waals surface area contributed by atoms with Crippen molar-refractivity contribution >= 4 is 17.3 Å². The van der Waals surface area contributed by atoms with Gasteiger partial charge in [0, 0.05) is 17.6 Å². The molecule has 2 heterocycles. The van der Waals surface area contributed by atoms with Gasteiger partial charge in [-0.2, -0.15) is 0 Å². The Hall–Kier alpha value is -3.08. The minimum atomic E-state index is -0.265. The summed E-state index contributed by atoms with van der Waals surface area (Å²) in [6, 6.07) is 16.6. The lowest BCUT2D eigenvalue weighted by atomic mass is 10.2. The fourth-order valence-electron chi connectivity index (χ4n) is 1.97. The van der Waals surface area contributed by atoms with Crippen LogP contribution in [0.3, 0.4) is 0 Å². The molecule has 3 aromatic rings. The number of carbonyl (C=O) groups is 1. The van der Waals surface area contributed by atoms with Crippen LogP contribution in [0, 0.1) is 0 Å². The number of pyridine rings is 1. The fourth-order valence-corrected chi connectivity index (χ4v) is 1.97. The summed E-state index contributed by atoms with van der Waals surface area (Å²) in [6.45, 7) is 0.652. The standard InChI is InChI=1S/C17H15N3O2/c21-17(16-5-3-11-22-16)20-14-8-6-13(7-9-14)19-12-15-4-1-2-10-18-15/h1-11,19H,12H2,(H,20,21). The molecule has 1 amide bonds. The Bertz CT molecular complexity index is 722. The number of carbonyl (C=O) groups excluding carboxylic acids is 1. The van der Waals surface area contributed by atoms with Crippen molar-refractivity contribution in [3.8, 4) is 0 Å². The van der Waals surface area contributed by atoms with E-state index in [4.69, 9.17) is 4.42 Å². The van der Waals surface area contributed by atoms with Gasteiger partial charge in [0.25, 0.3) is 5.91 Å². The van der Waals surface area contributed by atoms with Crippen molar-refractivity contribution in [2.45, 2.75) is 6.54 Å². The van der Waals surface area contributed by atoms with Gasteiger partial charge in [0.1, 0.15) is 0 Å². The van der Waals surface area contributed by atoms with E-state index in [1.165, 1.54) is 6.26 Å². The topological polar surface area (TPSA) is 67.2 Å². The molecule has 0 bridgehead atoms. The van der Waals surface area contributed by atoms with Crippen LogP contribution in [0.4, 0.5) is 11.4 Å². The van der Waals surface area contributed by atoms with Crippen molar-refractivity contribution in [3.63, 3.8) is 0 Å². The molecule has 3 rings (SSSR count). The minimum absolute atomic E-state index is 0.265. The number of amides is 1. The number of hydrogen-bond acceptors (Lipinski definition) is 4. The van der Waals surface area contributed by atoms with E-state index >= 15 is 0 Å². The summed E-state index contributed by atoms with van der Waals surface area (Å²) in [5.41, 5.74) is 2.64. The quantitative estimate of drug-likeness (QED) is 0.755. The van der Waals surface area contributed by atoms with E-state index < -0.39 is 0 Å². The molecule has 0 aliphatic rings. The average Bonchev–Trinajstić information content (AvgIpc) is 3.10. The number of nitrogens with one attached hydrogen (secondary N) is 2. The molecule has 0 aliphatic heterocycles. The van der Waals surface area contributed by atoms with E-state index in [0.717, 1.165) is 11.4 Å². The number of hydrogen-bond donors (Lipinski definition) is 2. The van der Waals surface area contributed by atoms with Gasteiger partial charge >= 0.3 is 0 Å². The van der Waals surface area contributed by atoms with Gasteiger partial charge in [0.2, 0.25) is 0 Å². The highest BCUT2D eigenvalue weighted by Gasteiger charge is 2.08. The van der Waals surface area contributed by atoms with E-state index in [2.05, 4.69) is 15.6 Å². The first-order valence-electron chi connectivity index (χ1n) is 6.90. The van der Waals surface area contributed by atoms with E-state index in [9.17, 15) is 4.79 Å². The van der Waals surface area contributed by atoms with Crippen LogP contribution >= 0.6 is 0 Å². The molecule has 1 aromatic carbocycles. The maximum atomic E-state index is 11.8. The van der Waals surface area contributed by atoms with Gasteiger partial charge in [0.05, 0.1) is 18.5 Å². The van der Waals surface area contributed by atoms with Crippen molar-refractivity contribution in [2.75, 3.05) is 10.6 Å². The summed E-state index contributed by atoms with van der Waals surface area (Å²) in [7, 11) is 0. The molecule has 0 fully saturated rings. The highest BCUT2D eigenvalue weighted by atomic mass is 16.3. The molecule has 110 valence electrons. The molecule has 0 saturated heterocycles. The predicted molar refractivity (Wildman–Crippen MR) is 84.7 cm³/mol. The van der Waals surface area contributed by atoms with Gasteiger partial charge in [0.15, 0.2) is 5.76 Å². The predicted octanol–water partition coefficient (Wildman–Crippen LogP) is 3.54. The third-order valence-corrected chi connectivity index (χ3v) is 3.09. The zero-order valence-corrected chi connectivity index (χ0v) is 11.8. The average molecular weight is 293 g/mol. The van der Waals surface area contributed by atoms with Crippen molar-refractivity contribution in [1.29, 1.82) is 0 Å². The summed E-state index contributed by atoms with van der Waals surface area (Å²) < 4.78 is 5.05. The number of rotatable bonds is 5. The molecule has 0 atom stereocenters. The SMILES string of the molecule is O=C(Nc1ccc(NCc2ccccn2)cc1)c1ccco1. The lowest BCUT2D eigenvalue weighted by Gasteiger charge is -2.07. The Morgan fingerprint density at radius 3 is 2.50 bits per heavy atom. The van der Waals surface area contributed by atoms with Crippen LogP contribution in [0.15, 0.2) is 71.5 Å². The first kappa shape index (κ1) is 13.9. The molecule has 2 aromatic heterocycles. The molecule has 2 N–H and O–H groups in total. The van der Waals surface area contributed by atoms with Gasteiger partial charge in [-0.3, -0.25) is 9.78 Å². The number of benzene rings is 1. The van der Waals surface area contributed by atoms with Gasteiger partial charge in [-0.25, -0.2) is 0 Å². The second kappa shape index (κ2) is 6.58. The fraction of sp³-hybridized carbons (Fsp3) is 0.0588. The smallest absolute Gasteiger partial charge is 0.291 e. The zero-order chi connectivity index (χ0) is 15.2. The van der Waals surface area contributed by atoms with Crippen molar-refractivity contribution in [3.05, 3.63) is 78.5 Å². The minimum Gasteiger partial charge on any atom is -0.459 e. The van der Waals surface area contributed by atoms with Crippen LogP contribution in [0.1, 0.15) is 16.2 Å². The molecule has 0 unspecified atom stereocenters. The molecule has 0 aliphatic carbocycles. The first-order valence-corrected chi connectivity index (χ1v) is 6.90. The lowest BCUT2D eigenvalue weighted by Crippen LogP contribution is -2.10. The van der Waals surface area contributed by atoms with E-state index in [-0.39, 0.29) is 11.7 Å². The molecule has 5 nitrogen and oxygen atoms in total. The van der Waals surface area contributed by atoms with E-state index in [1.807, 2.05) is 42.5 Å². The van der Waals surface area contributed by atoms with E-state index in [0.29, 0.717) is 12.2 Å². The number of anilines is 2. The molecule has 0 radical (unpaired) electrons. The maximum Gasteiger partial charge on any atom is 0.291 e. The van der Waals surface area contributed by atoms with Crippen LogP contribution < -0.4 is 10.6 Å². The van der Waals surface area contributed by atoms with Gasteiger partial charge in [-0.15, -0.1) is 0 Å². The second-order valence-electron chi connectivity index (χ2n) is 4.68. The Morgan fingerprint density at radius 1 is 1.00 bits per heavy atom. The summed E-state index contributed by atoms with van der Waals surface area (Å²) in [5, 5.41) is 6.05. The third-order valence-electron chi connectivity index (χ3n) is 3.09. The molecule has 0 spiro atoms. The molecular weight excluding hydrogens is 278 g/mol. The summed E-state index contributed by atoms with van der Waals surface area (Å²) in [5.74, 6) is 0.0246. The van der Waals surface area contributed by atoms with Crippen molar-refractivity contribution in [2.24, 2.45) is 0 Å². The monoisotopic (exact) mass is 293 g/mol. The highest BCUT2D eigenvalue weighted by molar-refractivity contribution is 6.02. The largest absolute Gasteiger partial charge is 0.459 e. The van der Waals surface area contributed by atoms with Crippen LogP contribution in [0.25, 0.3) is 0 Å². The zero-order valence-electron chi connectivity index (χ0n) is 11.8.